The molecule has 0 aliphatic carbocycles. The lowest BCUT2D eigenvalue weighted by Crippen LogP contribution is -2.20. The highest BCUT2D eigenvalue weighted by Gasteiger charge is 2.23. The number of nitro benzene ring substituents is 1. The number of methoxy groups -OCH3 is 2. The van der Waals surface area contributed by atoms with Crippen molar-refractivity contribution in [2.75, 3.05) is 14.2 Å². The maximum Gasteiger partial charge on any atom is 0.315 e. The number of halogens is 2. The van der Waals surface area contributed by atoms with E-state index in [0.29, 0.717) is 43.2 Å². The summed E-state index contributed by atoms with van der Waals surface area (Å²) in [6.07, 6.45) is 1.29. The van der Waals surface area contributed by atoms with Crippen LogP contribution in [0.1, 0.15) is 11.1 Å². The zero-order valence-electron chi connectivity index (χ0n) is 23.7. The number of aromatic nitrogens is 2. The lowest BCUT2D eigenvalue weighted by molar-refractivity contribution is -0.386. The second-order valence-corrected chi connectivity index (χ2v) is 10.5. The van der Waals surface area contributed by atoms with E-state index in [1.54, 1.807) is 73.8 Å². The first kappa shape index (κ1) is 29.7. The molecule has 0 radical (unpaired) electrons. The first-order valence-electron chi connectivity index (χ1n) is 13.3. The highest BCUT2D eigenvalue weighted by atomic mass is 35.5. The van der Waals surface area contributed by atoms with E-state index in [2.05, 4.69) is 10.1 Å². The summed E-state index contributed by atoms with van der Waals surface area (Å²) in [7, 11) is 2.91. The Morgan fingerprint density at radius 1 is 0.956 bits per heavy atom. The summed E-state index contributed by atoms with van der Waals surface area (Å²) in [6, 6.07) is 21.6. The molecule has 0 saturated heterocycles. The first-order valence-corrected chi connectivity index (χ1v) is 14.1. The summed E-state index contributed by atoms with van der Waals surface area (Å²) in [5.41, 5.74) is 1.03. The maximum absolute atomic E-state index is 13.7. The molecule has 0 saturated carbocycles. The van der Waals surface area contributed by atoms with Crippen LogP contribution in [0.3, 0.4) is 0 Å². The number of rotatable bonds is 9. The second-order valence-electron chi connectivity index (χ2n) is 9.66. The Kier molecular flexibility index (Phi) is 8.12. The first-order chi connectivity index (χ1) is 21.8. The normalized spacial score (nSPS) is 11.4. The van der Waals surface area contributed by atoms with Crippen molar-refractivity contribution < 1.29 is 23.6 Å². The average molecular weight is 645 g/mol. The molecule has 0 unspecified atom stereocenters. The smallest absolute Gasteiger partial charge is 0.315 e. The van der Waals surface area contributed by atoms with Gasteiger partial charge in [-0.3, -0.25) is 14.9 Å². The third kappa shape index (κ3) is 5.78. The molecule has 2 aromatic heterocycles. The van der Waals surface area contributed by atoms with E-state index >= 15 is 0 Å². The van der Waals surface area contributed by atoms with Crippen molar-refractivity contribution in [1.82, 2.24) is 9.66 Å². The van der Waals surface area contributed by atoms with Crippen molar-refractivity contribution in [2.45, 2.75) is 6.61 Å². The van der Waals surface area contributed by atoms with Gasteiger partial charge in [0, 0.05) is 11.6 Å². The van der Waals surface area contributed by atoms with Gasteiger partial charge in [-0.25, -0.2) is 4.98 Å². The summed E-state index contributed by atoms with van der Waals surface area (Å²) >= 11 is 12.1. The average Bonchev–Trinajstić information content (AvgIpc) is 3.49. The number of hydrogen-bond acceptors (Lipinski definition) is 9. The molecule has 6 rings (SSSR count). The molecule has 0 aliphatic heterocycles. The van der Waals surface area contributed by atoms with Crippen LogP contribution >= 0.6 is 23.2 Å². The Morgan fingerprint density at radius 3 is 2.51 bits per heavy atom. The van der Waals surface area contributed by atoms with Gasteiger partial charge in [-0.05, 0) is 54.1 Å². The van der Waals surface area contributed by atoms with Crippen molar-refractivity contribution in [3.8, 4) is 28.8 Å². The van der Waals surface area contributed by atoms with Gasteiger partial charge in [0.2, 0.25) is 11.6 Å². The SMILES string of the molecule is COc1cc(C=Nn2c(-c3cc4c(OC)cccc4o3)nc3ccccc3c2=O)cc([N+](=O)[O-])c1OCc1ccc(Cl)c(Cl)c1. The van der Waals surface area contributed by atoms with E-state index in [4.69, 9.17) is 41.8 Å². The minimum absolute atomic E-state index is 0.0364. The van der Waals surface area contributed by atoms with E-state index in [9.17, 15) is 14.9 Å². The van der Waals surface area contributed by atoms with Gasteiger partial charge in [-0.1, -0.05) is 47.5 Å². The standard InChI is InChI=1S/C32H22Cl2N4O7/c1-42-26-8-5-9-27-21(26)15-29(45-27)31-36-24-7-4-3-6-20(24)32(39)37(31)35-16-19-13-25(38(40)41)30(28(14-19)43-2)44-17-18-10-11-22(33)23(34)12-18/h3-16H,17H2,1-2H3. The molecule has 6 aromatic rings. The molecule has 0 aliphatic rings. The zero-order chi connectivity index (χ0) is 31.7. The van der Waals surface area contributed by atoms with Gasteiger partial charge < -0.3 is 18.6 Å². The molecular weight excluding hydrogens is 623 g/mol. The van der Waals surface area contributed by atoms with Crippen LogP contribution in [0.5, 0.6) is 17.2 Å². The predicted octanol–water partition coefficient (Wildman–Crippen LogP) is 7.50. The summed E-state index contributed by atoms with van der Waals surface area (Å²) in [4.78, 5) is 29.8. The molecule has 0 N–H and O–H groups in total. The van der Waals surface area contributed by atoms with Crippen LogP contribution in [0.2, 0.25) is 10.0 Å². The molecular formula is C32H22Cl2N4O7. The van der Waals surface area contributed by atoms with E-state index in [0.717, 1.165) is 4.68 Å². The van der Waals surface area contributed by atoms with Gasteiger partial charge in [-0.15, -0.1) is 0 Å². The molecule has 0 amide bonds. The Balaban J connectivity index is 1.43. The molecule has 13 heteroatoms. The number of para-hydroxylation sites is 1. The van der Waals surface area contributed by atoms with Gasteiger partial charge in [0.25, 0.3) is 5.56 Å². The van der Waals surface area contributed by atoms with Gasteiger partial charge in [0.05, 0.1) is 51.7 Å². The Labute approximate surface area is 264 Å². The lowest BCUT2D eigenvalue weighted by Gasteiger charge is -2.12. The molecule has 2 heterocycles. The van der Waals surface area contributed by atoms with Crippen molar-refractivity contribution >= 4 is 57.0 Å². The Hall–Kier alpha value is -5.39. The van der Waals surface area contributed by atoms with E-state index < -0.39 is 10.5 Å². The number of nitrogens with zero attached hydrogens (tertiary/aromatic N) is 4. The fourth-order valence-corrected chi connectivity index (χ4v) is 5.06. The Morgan fingerprint density at radius 2 is 1.76 bits per heavy atom. The number of hydrogen-bond donors (Lipinski definition) is 0. The minimum Gasteiger partial charge on any atom is -0.496 e. The number of nitro groups is 1. The highest BCUT2D eigenvalue weighted by Crippen LogP contribution is 2.39. The largest absolute Gasteiger partial charge is 0.496 e. The monoisotopic (exact) mass is 644 g/mol. The van der Waals surface area contributed by atoms with Crippen LogP contribution in [-0.2, 0) is 6.61 Å². The van der Waals surface area contributed by atoms with Crippen LogP contribution in [0.15, 0.2) is 93.2 Å². The lowest BCUT2D eigenvalue weighted by atomic mass is 10.1. The van der Waals surface area contributed by atoms with E-state index in [1.165, 1.54) is 25.5 Å². The van der Waals surface area contributed by atoms with Crippen molar-refractivity contribution in [2.24, 2.45) is 5.10 Å². The van der Waals surface area contributed by atoms with E-state index in [1.807, 2.05) is 0 Å². The molecule has 0 bridgehead atoms. The van der Waals surface area contributed by atoms with E-state index in [-0.39, 0.29) is 40.9 Å². The summed E-state index contributed by atoms with van der Waals surface area (Å²) in [5.74, 6) is 0.966. The molecule has 0 fully saturated rings. The van der Waals surface area contributed by atoms with Crippen molar-refractivity contribution in [3.05, 3.63) is 121 Å². The fraction of sp³-hybridized carbons (Fsp3) is 0.0938. The Bertz CT molecular complexity index is 2190. The summed E-state index contributed by atoms with van der Waals surface area (Å²) < 4.78 is 23.8. The fourth-order valence-electron chi connectivity index (χ4n) is 4.74. The van der Waals surface area contributed by atoms with Crippen LogP contribution in [0, 0.1) is 10.1 Å². The van der Waals surface area contributed by atoms with Gasteiger partial charge in [0.15, 0.2) is 11.5 Å². The molecule has 11 nitrogen and oxygen atoms in total. The molecule has 0 atom stereocenters. The van der Waals surface area contributed by atoms with Crippen LogP contribution < -0.4 is 19.8 Å². The summed E-state index contributed by atoms with van der Waals surface area (Å²) in [5, 5.41) is 18.2. The van der Waals surface area contributed by atoms with Gasteiger partial charge >= 0.3 is 5.69 Å². The molecule has 0 spiro atoms. The van der Waals surface area contributed by atoms with Gasteiger partial charge in [0.1, 0.15) is 17.9 Å². The summed E-state index contributed by atoms with van der Waals surface area (Å²) in [6.45, 7) is -0.0364. The number of furan rings is 1. The number of ether oxygens (including phenoxy) is 3. The maximum atomic E-state index is 13.7. The number of fused-ring (bicyclic) bond motifs is 2. The highest BCUT2D eigenvalue weighted by molar-refractivity contribution is 6.42. The van der Waals surface area contributed by atoms with Crippen molar-refractivity contribution in [3.63, 3.8) is 0 Å². The van der Waals surface area contributed by atoms with Crippen LogP contribution in [0.25, 0.3) is 33.5 Å². The third-order valence-corrected chi connectivity index (χ3v) is 7.62. The quantitative estimate of drug-likeness (QED) is 0.0897. The zero-order valence-corrected chi connectivity index (χ0v) is 25.2. The molecule has 4 aromatic carbocycles. The topological polar surface area (TPSA) is 131 Å². The second kappa shape index (κ2) is 12.3. The molecule has 226 valence electrons. The van der Waals surface area contributed by atoms with Gasteiger partial charge in [-0.2, -0.15) is 9.78 Å². The van der Waals surface area contributed by atoms with Crippen LogP contribution in [0.4, 0.5) is 5.69 Å². The van der Waals surface area contributed by atoms with Crippen LogP contribution in [-0.4, -0.2) is 35.0 Å². The minimum atomic E-state index is -0.596. The third-order valence-electron chi connectivity index (χ3n) is 6.88. The molecule has 45 heavy (non-hydrogen) atoms. The van der Waals surface area contributed by atoms with Crippen molar-refractivity contribution in [1.29, 1.82) is 0 Å². The predicted molar refractivity (Wildman–Crippen MR) is 171 cm³/mol. The number of benzene rings is 4.